The number of anilines is 2. The predicted molar refractivity (Wildman–Crippen MR) is 69.9 cm³/mol. The lowest BCUT2D eigenvalue weighted by atomic mass is 10.2. The number of carbonyl (C=O) groups is 1. The summed E-state index contributed by atoms with van der Waals surface area (Å²) in [5.41, 5.74) is 1.52. The summed E-state index contributed by atoms with van der Waals surface area (Å²) in [6, 6.07) is 12.0. The molecule has 0 aliphatic carbocycles. The summed E-state index contributed by atoms with van der Waals surface area (Å²) in [5, 5.41) is 9.27. The molecule has 4 heteroatoms. The monoisotopic (exact) mass is 242 g/mol. The minimum atomic E-state index is -0.126. The first-order valence-corrected chi connectivity index (χ1v) is 5.61. The molecule has 0 aliphatic rings. The number of hydrogen-bond donors (Lipinski definition) is 1. The summed E-state index contributed by atoms with van der Waals surface area (Å²) >= 11 is 0. The number of benzene rings is 1. The van der Waals surface area contributed by atoms with Gasteiger partial charge in [0.25, 0.3) is 0 Å². The number of nitrogens with zero attached hydrogens (tertiary/aromatic N) is 2. The van der Waals surface area contributed by atoms with Gasteiger partial charge in [-0.05, 0) is 43.3 Å². The highest BCUT2D eigenvalue weighted by Crippen LogP contribution is 2.25. The Morgan fingerprint density at radius 2 is 1.83 bits per heavy atom. The van der Waals surface area contributed by atoms with E-state index >= 15 is 0 Å². The number of carbonyl (C=O) groups excluding carboxylic acids is 1. The molecule has 0 unspecified atom stereocenters. The average molecular weight is 242 g/mol. The minimum absolute atomic E-state index is 0.126. The van der Waals surface area contributed by atoms with Crippen LogP contribution < -0.4 is 4.90 Å². The van der Waals surface area contributed by atoms with Gasteiger partial charge in [0.15, 0.2) is 0 Å². The molecule has 92 valence electrons. The number of pyridine rings is 1. The zero-order valence-electron chi connectivity index (χ0n) is 10.3. The van der Waals surface area contributed by atoms with Crippen molar-refractivity contribution in [2.24, 2.45) is 0 Å². The van der Waals surface area contributed by atoms with E-state index in [2.05, 4.69) is 4.98 Å². The molecule has 1 aromatic heterocycles. The van der Waals surface area contributed by atoms with E-state index in [-0.39, 0.29) is 11.7 Å². The van der Waals surface area contributed by atoms with E-state index in [1.165, 1.54) is 11.8 Å². The predicted octanol–water partition coefficient (Wildman–Crippen LogP) is 2.78. The van der Waals surface area contributed by atoms with Gasteiger partial charge in [0.05, 0.1) is 5.69 Å². The Bertz CT molecular complexity index is 564. The van der Waals surface area contributed by atoms with Gasteiger partial charge in [-0.15, -0.1) is 0 Å². The quantitative estimate of drug-likeness (QED) is 0.881. The van der Waals surface area contributed by atoms with Crippen LogP contribution >= 0.6 is 0 Å². The van der Waals surface area contributed by atoms with Crippen molar-refractivity contribution in [3.8, 4) is 5.75 Å². The molecule has 0 saturated carbocycles. The Morgan fingerprint density at radius 3 is 2.39 bits per heavy atom. The Labute approximate surface area is 106 Å². The van der Waals surface area contributed by atoms with Crippen LogP contribution in [0.4, 0.5) is 11.5 Å². The molecule has 1 heterocycles. The molecule has 0 bridgehead atoms. The van der Waals surface area contributed by atoms with E-state index in [9.17, 15) is 9.90 Å². The van der Waals surface area contributed by atoms with Crippen LogP contribution in [0.3, 0.4) is 0 Å². The summed E-state index contributed by atoms with van der Waals surface area (Å²) in [7, 11) is 0. The van der Waals surface area contributed by atoms with Crippen molar-refractivity contribution in [3.63, 3.8) is 0 Å². The molecule has 18 heavy (non-hydrogen) atoms. The molecule has 2 aromatic rings. The molecule has 1 amide bonds. The highest BCUT2D eigenvalue weighted by atomic mass is 16.3. The zero-order valence-corrected chi connectivity index (χ0v) is 10.3. The smallest absolute Gasteiger partial charge is 0.229 e. The molecule has 1 aromatic carbocycles. The van der Waals surface area contributed by atoms with Crippen LogP contribution in [0.1, 0.15) is 12.6 Å². The van der Waals surface area contributed by atoms with Crippen molar-refractivity contribution < 1.29 is 9.90 Å². The SMILES string of the molecule is CC(=O)N(c1ccc(O)cc1)c1cccc(C)n1. The molecule has 0 radical (unpaired) electrons. The molecule has 0 atom stereocenters. The number of aryl methyl sites for hydroxylation is 1. The maximum Gasteiger partial charge on any atom is 0.229 e. The fourth-order valence-corrected chi connectivity index (χ4v) is 1.73. The van der Waals surface area contributed by atoms with Crippen LogP contribution in [0.5, 0.6) is 5.75 Å². The van der Waals surface area contributed by atoms with Crippen molar-refractivity contribution in [1.82, 2.24) is 4.98 Å². The van der Waals surface area contributed by atoms with Crippen molar-refractivity contribution in [1.29, 1.82) is 0 Å². The maximum atomic E-state index is 11.8. The van der Waals surface area contributed by atoms with Gasteiger partial charge in [-0.1, -0.05) is 6.07 Å². The second-order valence-electron chi connectivity index (χ2n) is 4.01. The largest absolute Gasteiger partial charge is 0.508 e. The lowest BCUT2D eigenvalue weighted by Gasteiger charge is -2.20. The van der Waals surface area contributed by atoms with Gasteiger partial charge in [0, 0.05) is 12.6 Å². The first kappa shape index (κ1) is 12.1. The van der Waals surface area contributed by atoms with E-state index in [0.29, 0.717) is 11.5 Å². The summed E-state index contributed by atoms with van der Waals surface area (Å²) in [6.45, 7) is 3.36. The third-order valence-electron chi connectivity index (χ3n) is 2.53. The number of phenols is 1. The molecule has 4 nitrogen and oxygen atoms in total. The molecule has 0 saturated heterocycles. The van der Waals surface area contributed by atoms with Crippen LogP contribution in [0.2, 0.25) is 0 Å². The van der Waals surface area contributed by atoms with E-state index < -0.39 is 0 Å². The Balaban J connectivity index is 2.46. The maximum absolute atomic E-state index is 11.8. The summed E-state index contributed by atoms with van der Waals surface area (Å²) in [5.74, 6) is 0.617. The number of aromatic hydroxyl groups is 1. The molecule has 0 spiro atoms. The molecule has 2 rings (SSSR count). The van der Waals surface area contributed by atoms with Crippen molar-refractivity contribution in [2.45, 2.75) is 13.8 Å². The number of phenolic OH excluding ortho intramolecular Hbond substituents is 1. The topological polar surface area (TPSA) is 53.4 Å². The van der Waals surface area contributed by atoms with Crippen LogP contribution in [0, 0.1) is 6.92 Å². The molecule has 0 fully saturated rings. The second kappa shape index (κ2) is 4.87. The summed E-state index contributed by atoms with van der Waals surface area (Å²) < 4.78 is 0. The number of rotatable bonds is 2. The standard InChI is InChI=1S/C14H14N2O2/c1-10-4-3-5-14(15-10)16(11(2)17)12-6-8-13(18)9-7-12/h3-9,18H,1-2H3. The Morgan fingerprint density at radius 1 is 1.17 bits per heavy atom. The molecule has 1 N–H and O–H groups in total. The lowest BCUT2D eigenvalue weighted by molar-refractivity contribution is -0.115. The van der Waals surface area contributed by atoms with Gasteiger partial charge in [-0.25, -0.2) is 4.98 Å². The molecular formula is C14H14N2O2. The van der Waals surface area contributed by atoms with E-state index in [4.69, 9.17) is 0 Å². The van der Waals surface area contributed by atoms with Crippen LogP contribution in [-0.4, -0.2) is 16.0 Å². The van der Waals surface area contributed by atoms with Crippen LogP contribution in [0.15, 0.2) is 42.5 Å². The van der Waals surface area contributed by atoms with Crippen LogP contribution in [-0.2, 0) is 4.79 Å². The van der Waals surface area contributed by atoms with Gasteiger partial charge in [-0.2, -0.15) is 0 Å². The molecule has 0 aliphatic heterocycles. The third-order valence-corrected chi connectivity index (χ3v) is 2.53. The van der Waals surface area contributed by atoms with Gasteiger partial charge in [-0.3, -0.25) is 9.69 Å². The Kier molecular flexibility index (Phi) is 3.28. The number of hydrogen-bond acceptors (Lipinski definition) is 3. The van der Waals surface area contributed by atoms with Gasteiger partial charge in [0.2, 0.25) is 5.91 Å². The van der Waals surface area contributed by atoms with Crippen molar-refractivity contribution in [3.05, 3.63) is 48.2 Å². The Hall–Kier alpha value is -2.36. The number of amides is 1. The summed E-state index contributed by atoms with van der Waals surface area (Å²) in [4.78, 5) is 17.6. The van der Waals surface area contributed by atoms with Gasteiger partial charge in [0.1, 0.15) is 11.6 Å². The van der Waals surface area contributed by atoms with E-state index in [1.54, 1.807) is 30.3 Å². The fraction of sp³-hybridized carbons (Fsp3) is 0.143. The minimum Gasteiger partial charge on any atom is -0.508 e. The number of aromatic nitrogens is 1. The van der Waals surface area contributed by atoms with E-state index in [0.717, 1.165) is 5.69 Å². The normalized spacial score (nSPS) is 10.1. The van der Waals surface area contributed by atoms with Crippen molar-refractivity contribution in [2.75, 3.05) is 4.90 Å². The highest BCUT2D eigenvalue weighted by molar-refractivity contribution is 5.98. The average Bonchev–Trinajstić information content (AvgIpc) is 2.32. The third kappa shape index (κ3) is 2.48. The fourth-order valence-electron chi connectivity index (χ4n) is 1.73. The first-order chi connectivity index (χ1) is 8.58. The second-order valence-corrected chi connectivity index (χ2v) is 4.01. The highest BCUT2D eigenvalue weighted by Gasteiger charge is 2.15. The summed E-state index contributed by atoms with van der Waals surface area (Å²) in [6.07, 6.45) is 0. The van der Waals surface area contributed by atoms with Crippen molar-refractivity contribution >= 4 is 17.4 Å². The van der Waals surface area contributed by atoms with E-state index in [1.807, 2.05) is 19.1 Å². The van der Waals surface area contributed by atoms with Crippen LogP contribution in [0.25, 0.3) is 0 Å². The van der Waals surface area contributed by atoms with Gasteiger partial charge >= 0.3 is 0 Å². The van der Waals surface area contributed by atoms with Gasteiger partial charge < -0.3 is 5.11 Å². The molecular weight excluding hydrogens is 228 g/mol. The first-order valence-electron chi connectivity index (χ1n) is 5.61. The zero-order chi connectivity index (χ0) is 13.1. The lowest BCUT2D eigenvalue weighted by Crippen LogP contribution is -2.23.